The lowest BCUT2D eigenvalue weighted by atomic mass is 10.2. The summed E-state index contributed by atoms with van der Waals surface area (Å²) in [6.45, 7) is 9.55. The summed E-state index contributed by atoms with van der Waals surface area (Å²) in [5, 5.41) is 3.37. The molecule has 1 aromatic carbocycles. The first-order valence-electron chi connectivity index (χ1n) is 7.57. The van der Waals surface area contributed by atoms with Gasteiger partial charge in [-0.3, -0.25) is 4.99 Å². The average Bonchev–Trinajstić information content (AvgIpc) is 2.54. The normalized spacial score (nSPS) is 10.4. The van der Waals surface area contributed by atoms with Crippen LogP contribution in [0.1, 0.15) is 18.4 Å². The minimum Gasteiger partial charge on any atom is -0.489 e. The molecule has 1 rings (SSSR count). The fourth-order valence-electron chi connectivity index (χ4n) is 2.08. The zero-order chi connectivity index (χ0) is 16.2. The first-order valence-corrected chi connectivity index (χ1v) is 7.57. The van der Waals surface area contributed by atoms with Crippen LogP contribution in [0, 0.1) is 0 Å². The van der Waals surface area contributed by atoms with Gasteiger partial charge in [-0.15, -0.1) is 30.6 Å². The molecule has 1 aromatic rings. The van der Waals surface area contributed by atoms with Crippen LogP contribution >= 0.6 is 24.0 Å². The van der Waals surface area contributed by atoms with E-state index in [1.807, 2.05) is 31.3 Å². The summed E-state index contributed by atoms with van der Waals surface area (Å²) in [5.41, 5.74) is 1.10. The molecule has 128 valence electrons. The monoisotopic (exact) mass is 429 g/mol. The lowest BCUT2D eigenvalue weighted by Crippen LogP contribution is -2.39. The second-order valence-corrected chi connectivity index (χ2v) is 4.96. The molecule has 0 amide bonds. The Kier molecular flexibility index (Phi) is 12.1. The summed E-state index contributed by atoms with van der Waals surface area (Å²) in [6, 6.07) is 8.00. The summed E-state index contributed by atoms with van der Waals surface area (Å²) in [6.07, 6.45) is 5.77. The van der Waals surface area contributed by atoms with Crippen molar-refractivity contribution in [3.63, 3.8) is 0 Å². The van der Waals surface area contributed by atoms with Crippen molar-refractivity contribution in [2.75, 3.05) is 27.2 Å². The van der Waals surface area contributed by atoms with E-state index in [-0.39, 0.29) is 24.0 Å². The summed E-state index contributed by atoms with van der Waals surface area (Å²) >= 11 is 0. The van der Waals surface area contributed by atoms with E-state index in [1.165, 1.54) is 0 Å². The van der Waals surface area contributed by atoms with Gasteiger partial charge in [0.25, 0.3) is 0 Å². The fourth-order valence-corrected chi connectivity index (χ4v) is 2.08. The van der Waals surface area contributed by atoms with Gasteiger partial charge in [-0.25, -0.2) is 0 Å². The molecule has 0 aliphatic heterocycles. The van der Waals surface area contributed by atoms with Gasteiger partial charge in [0.05, 0.1) is 0 Å². The van der Waals surface area contributed by atoms with Crippen molar-refractivity contribution in [1.82, 2.24) is 10.2 Å². The molecule has 0 heterocycles. The average molecular weight is 429 g/mol. The fraction of sp³-hybridized carbons (Fsp3) is 0.389. The van der Waals surface area contributed by atoms with Gasteiger partial charge in [-0.2, -0.15) is 0 Å². The Bertz CT molecular complexity index is 503. The SMILES string of the molecule is C=CCCCN(C)C(=NC)NCc1ccccc1OCC=C.I. The van der Waals surface area contributed by atoms with E-state index in [0.29, 0.717) is 13.2 Å². The van der Waals surface area contributed by atoms with Crippen molar-refractivity contribution in [1.29, 1.82) is 0 Å². The standard InChI is InChI=1S/C18H27N3O.HI/c1-5-7-10-13-21(4)18(19-3)20-15-16-11-8-9-12-17(16)22-14-6-2;/h5-6,8-9,11-12H,1-2,7,10,13-15H2,3-4H3,(H,19,20);1H. The molecule has 5 heteroatoms. The van der Waals surface area contributed by atoms with Crippen molar-refractivity contribution in [3.05, 3.63) is 55.1 Å². The van der Waals surface area contributed by atoms with Crippen molar-refractivity contribution in [3.8, 4) is 5.75 Å². The van der Waals surface area contributed by atoms with Gasteiger partial charge in [0.2, 0.25) is 0 Å². The molecule has 0 saturated heterocycles. The third-order valence-electron chi connectivity index (χ3n) is 3.24. The van der Waals surface area contributed by atoms with Crippen LogP contribution in [0.2, 0.25) is 0 Å². The number of para-hydroxylation sites is 1. The number of benzene rings is 1. The maximum absolute atomic E-state index is 5.67. The topological polar surface area (TPSA) is 36.9 Å². The van der Waals surface area contributed by atoms with Gasteiger partial charge in [-0.05, 0) is 18.9 Å². The molecule has 0 atom stereocenters. The predicted molar refractivity (Wildman–Crippen MR) is 110 cm³/mol. The molecule has 0 aliphatic rings. The van der Waals surface area contributed by atoms with E-state index in [4.69, 9.17) is 4.74 Å². The van der Waals surface area contributed by atoms with Crippen LogP contribution in [0.3, 0.4) is 0 Å². The zero-order valence-corrected chi connectivity index (χ0v) is 16.5. The van der Waals surface area contributed by atoms with Crippen molar-refractivity contribution in [2.45, 2.75) is 19.4 Å². The second kappa shape index (κ2) is 13.0. The van der Waals surface area contributed by atoms with Crippen LogP contribution in [0.4, 0.5) is 0 Å². The van der Waals surface area contributed by atoms with Crippen LogP contribution in [0.15, 0.2) is 54.6 Å². The number of hydrogen-bond donors (Lipinski definition) is 1. The van der Waals surface area contributed by atoms with E-state index in [9.17, 15) is 0 Å². The molecule has 0 spiro atoms. The molecule has 23 heavy (non-hydrogen) atoms. The van der Waals surface area contributed by atoms with Crippen molar-refractivity contribution < 1.29 is 4.74 Å². The van der Waals surface area contributed by atoms with E-state index in [2.05, 4.69) is 34.4 Å². The highest BCUT2D eigenvalue weighted by molar-refractivity contribution is 14.0. The van der Waals surface area contributed by atoms with Crippen molar-refractivity contribution >= 4 is 29.9 Å². The second-order valence-electron chi connectivity index (χ2n) is 4.96. The van der Waals surface area contributed by atoms with Gasteiger partial charge < -0.3 is 15.0 Å². The summed E-state index contributed by atoms with van der Waals surface area (Å²) < 4.78 is 5.67. The maximum Gasteiger partial charge on any atom is 0.193 e. The smallest absolute Gasteiger partial charge is 0.193 e. The number of halogens is 1. The number of guanidine groups is 1. The minimum atomic E-state index is 0. The van der Waals surface area contributed by atoms with Gasteiger partial charge in [-0.1, -0.05) is 36.9 Å². The zero-order valence-electron chi connectivity index (χ0n) is 14.1. The highest BCUT2D eigenvalue weighted by Crippen LogP contribution is 2.17. The largest absolute Gasteiger partial charge is 0.489 e. The number of hydrogen-bond acceptors (Lipinski definition) is 2. The first-order chi connectivity index (χ1) is 10.7. The van der Waals surface area contributed by atoms with Gasteiger partial charge in [0.15, 0.2) is 5.96 Å². The molecule has 0 fully saturated rings. The number of allylic oxidation sites excluding steroid dienone is 1. The number of aliphatic imine (C=N–C) groups is 1. The highest BCUT2D eigenvalue weighted by atomic mass is 127. The predicted octanol–water partition coefficient (Wildman–Crippen LogP) is 3.84. The lowest BCUT2D eigenvalue weighted by molar-refractivity contribution is 0.358. The van der Waals surface area contributed by atoms with E-state index in [1.54, 1.807) is 13.1 Å². The molecule has 0 radical (unpaired) electrons. The van der Waals surface area contributed by atoms with Gasteiger partial charge >= 0.3 is 0 Å². The Labute approximate surface area is 157 Å². The molecule has 4 nitrogen and oxygen atoms in total. The highest BCUT2D eigenvalue weighted by Gasteiger charge is 2.07. The molecule has 0 saturated carbocycles. The number of unbranched alkanes of at least 4 members (excludes halogenated alkanes) is 1. The Balaban J connectivity index is 0.00000484. The molecular formula is C18H28IN3O. The van der Waals surface area contributed by atoms with Crippen LogP contribution in [-0.2, 0) is 6.54 Å². The Morgan fingerprint density at radius 1 is 1.30 bits per heavy atom. The molecule has 0 aliphatic carbocycles. The maximum atomic E-state index is 5.67. The van der Waals surface area contributed by atoms with Crippen LogP contribution in [-0.4, -0.2) is 38.1 Å². The van der Waals surface area contributed by atoms with Gasteiger partial charge in [0.1, 0.15) is 12.4 Å². The Hall–Kier alpha value is -1.50. The third kappa shape index (κ3) is 8.06. The number of ether oxygens (including phenoxy) is 1. The quantitative estimate of drug-likeness (QED) is 0.213. The van der Waals surface area contributed by atoms with Crippen LogP contribution in [0.25, 0.3) is 0 Å². The summed E-state index contributed by atoms with van der Waals surface area (Å²) in [7, 11) is 3.84. The number of nitrogens with zero attached hydrogens (tertiary/aromatic N) is 2. The molecule has 0 bridgehead atoms. The Morgan fingerprint density at radius 3 is 2.70 bits per heavy atom. The van der Waals surface area contributed by atoms with E-state index in [0.717, 1.165) is 36.7 Å². The van der Waals surface area contributed by atoms with E-state index < -0.39 is 0 Å². The third-order valence-corrected chi connectivity index (χ3v) is 3.24. The number of nitrogens with one attached hydrogen (secondary N) is 1. The van der Waals surface area contributed by atoms with Crippen LogP contribution in [0.5, 0.6) is 5.75 Å². The first kappa shape index (κ1) is 21.5. The van der Waals surface area contributed by atoms with Crippen molar-refractivity contribution in [2.24, 2.45) is 4.99 Å². The Morgan fingerprint density at radius 2 is 2.04 bits per heavy atom. The van der Waals surface area contributed by atoms with Gasteiger partial charge in [0, 0.05) is 32.7 Å². The molecule has 0 unspecified atom stereocenters. The molecule has 1 N–H and O–H groups in total. The summed E-state index contributed by atoms with van der Waals surface area (Å²) in [4.78, 5) is 6.44. The van der Waals surface area contributed by atoms with E-state index >= 15 is 0 Å². The minimum absolute atomic E-state index is 0. The lowest BCUT2D eigenvalue weighted by Gasteiger charge is -2.22. The molecular weight excluding hydrogens is 401 g/mol. The number of rotatable bonds is 9. The van der Waals surface area contributed by atoms with Crippen LogP contribution < -0.4 is 10.1 Å². The summed E-state index contributed by atoms with van der Waals surface area (Å²) in [5.74, 6) is 1.75. The molecule has 0 aromatic heterocycles.